The second kappa shape index (κ2) is 10.1. The van der Waals surface area contributed by atoms with Gasteiger partial charge in [-0.2, -0.15) is 0 Å². The Morgan fingerprint density at radius 1 is 0.889 bits per heavy atom. The molecule has 1 aromatic rings. The van der Waals surface area contributed by atoms with Crippen LogP contribution in [0.25, 0.3) is 0 Å². The van der Waals surface area contributed by atoms with E-state index in [9.17, 15) is 5.11 Å². The van der Waals surface area contributed by atoms with Gasteiger partial charge < -0.3 is 0 Å². The van der Waals surface area contributed by atoms with Crippen LogP contribution in [-0.2, 0) is 11.5 Å². The van der Waals surface area contributed by atoms with Crippen molar-refractivity contribution in [1.29, 1.82) is 0 Å². The monoisotopic (exact) mass is 247 g/mol. The molecule has 1 rings (SSSR count). The standard InChI is InChI=1S/C17H27O/c1-2-3-4-5-6-7-11-14-17(18)15-16-12-9-8-10-13-16/h8-10,12-13,17H,2-7,11,14-15H2,1H3. The van der Waals surface area contributed by atoms with E-state index in [4.69, 9.17) is 0 Å². The number of hydrogen-bond donors (Lipinski definition) is 0. The lowest BCUT2D eigenvalue weighted by Crippen LogP contribution is -2.08. The van der Waals surface area contributed by atoms with Gasteiger partial charge in [0, 0.05) is 6.42 Å². The first-order valence-electron chi connectivity index (χ1n) is 7.52. The summed E-state index contributed by atoms with van der Waals surface area (Å²) in [6, 6.07) is 10.1. The molecule has 101 valence electrons. The van der Waals surface area contributed by atoms with Crippen molar-refractivity contribution in [2.24, 2.45) is 0 Å². The molecule has 1 atom stereocenters. The average molecular weight is 247 g/mol. The molecule has 0 heterocycles. The fourth-order valence-corrected chi connectivity index (χ4v) is 2.31. The van der Waals surface area contributed by atoms with Gasteiger partial charge in [-0.3, -0.25) is 0 Å². The molecule has 1 aromatic carbocycles. The van der Waals surface area contributed by atoms with E-state index in [2.05, 4.69) is 19.1 Å². The zero-order valence-electron chi connectivity index (χ0n) is 11.7. The molecular formula is C17H27O. The highest BCUT2D eigenvalue weighted by Crippen LogP contribution is 2.12. The summed E-state index contributed by atoms with van der Waals surface area (Å²) in [6.07, 6.45) is 10.1. The minimum Gasteiger partial charge on any atom is -0.233 e. The topological polar surface area (TPSA) is 19.9 Å². The Balaban J connectivity index is 1.99. The van der Waals surface area contributed by atoms with Crippen LogP contribution < -0.4 is 0 Å². The lowest BCUT2D eigenvalue weighted by Gasteiger charge is -2.08. The van der Waals surface area contributed by atoms with Gasteiger partial charge in [0.25, 0.3) is 0 Å². The van der Waals surface area contributed by atoms with Gasteiger partial charge >= 0.3 is 0 Å². The maximum atomic E-state index is 11.8. The van der Waals surface area contributed by atoms with Crippen LogP contribution in [-0.4, -0.2) is 6.10 Å². The highest BCUT2D eigenvalue weighted by atomic mass is 16.3. The molecule has 0 bridgehead atoms. The van der Waals surface area contributed by atoms with Gasteiger partial charge in [0.05, 0.1) is 6.10 Å². The molecule has 1 unspecified atom stereocenters. The van der Waals surface area contributed by atoms with E-state index in [1.807, 2.05) is 18.2 Å². The highest BCUT2D eigenvalue weighted by Gasteiger charge is 2.06. The van der Waals surface area contributed by atoms with Crippen molar-refractivity contribution in [3.05, 3.63) is 35.9 Å². The minimum absolute atomic E-state index is 0.414. The largest absolute Gasteiger partial charge is 0.233 e. The summed E-state index contributed by atoms with van der Waals surface area (Å²) in [6.45, 7) is 2.24. The molecule has 0 aliphatic heterocycles. The Morgan fingerprint density at radius 3 is 2.17 bits per heavy atom. The van der Waals surface area contributed by atoms with Crippen LogP contribution in [0.4, 0.5) is 0 Å². The number of unbranched alkanes of at least 4 members (excludes halogenated alkanes) is 6. The highest BCUT2D eigenvalue weighted by molar-refractivity contribution is 5.15. The van der Waals surface area contributed by atoms with Crippen LogP contribution in [0.15, 0.2) is 30.3 Å². The first-order valence-corrected chi connectivity index (χ1v) is 7.52. The van der Waals surface area contributed by atoms with Crippen LogP contribution in [0.5, 0.6) is 0 Å². The van der Waals surface area contributed by atoms with Gasteiger partial charge in [-0.05, 0) is 12.0 Å². The quantitative estimate of drug-likeness (QED) is 0.508. The van der Waals surface area contributed by atoms with Crippen LogP contribution in [0.2, 0.25) is 0 Å². The summed E-state index contributed by atoms with van der Waals surface area (Å²) in [5.41, 5.74) is 1.18. The molecule has 1 radical (unpaired) electrons. The number of rotatable bonds is 10. The third-order valence-electron chi connectivity index (χ3n) is 3.44. The summed E-state index contributed by atoms with van der Waals surface area (Å²) in [7, 11) is 0. The molecule has 0 N–H and O–H groups in total. The smallest absolute Gasteiger partial charge is 0.0970 e. The first-order chi connectivity index (χ1) is 8.83. The minimum atomic E-state index is -0.414. The molecule has 0 saturated carbocycles. The van der Waals surface area contributed by atoms with E-state index in [0.29, 0.717) is 6.42 Å². The molecule has 1 heteroatoms. The summed E-state index contributed by atoms with van der Waals surface area (Å²) in [5, 5.41) is 11.8. The Kier molecular flexibility index (Phi) is 8.58. The molecule has 0 spiro atoms. The van der Waals surface area contributed by atoms with Crippen molar-refractivity contribution >= 4 is 0 Å². The SMILES string of the molecule is CCCCCCCCCC([O])Cc1ccccc1. The Hall–Kier alpha value is -0.820. The van der Waals surface area contributed by atoms with Gasteiger partial charge in [0.15, 0.2) is 0 Å². The Morgan fingerprint density at radius 2 is 1.50 bits per heavy atom. The lowest BCUT2D eigenvalue weighted by atomic mass is 10.0. The van der Waals surface area contributed by atoms with Crippen LogP contribution in [0.3, 0.4) is 0 Å². The summed E-state index contributed by atoms with van der Waals surface area (Å²) >= 11 is 0. The molecule has 0 aliphatic carbocycles. The van der Waals surface area contributed by atoms with Crippen molar-refractivity contribution < 1.29 is 5.11 Å². The molecule has 0 amide bonds. The maximum absolute atomic E-state index is 11.8. The molecule has 0 aliphatic rings. The predicted octanol–water partition coefficient (Wildman–Crippen LogP) is 5.17. The van der Waals surface area contributed by atoms with E-state index in [1.165, 1.54) is 44.1 Å². The molecule has 0 fully saturated rings. The molecule has 1 nitrogen and oxygen atoms in total. The summed E-state index contributed by atoms with van der Waals surface area (Å²) in [5.74, 6) is 0. The summed E-state index contributed by atoms with van der Waals surface area (Å²) in [4.78, 5) is 0. The summed E-state index contributed by atoms with van der Waals surface area (Å²) < 4.78 is 0. The van der Waals surface area contributed by atoms with Crippen LogP contribution >= 0.6 is 0 Å². The molecule has 18 heavy (non-hydrogen) atoms. The van der Waals surface area contributed by atoms with Crippen LogP contribution in [0.1, 0.15) is 63.9 Å². The van der Waals surface area contributed by atoms with E-state index >= 15 is 0 Å². The van der Waals surface area contributed by atoms with E-state index in [-0.39, 0.29) is 0 Å². The first kappa shape index (κ1) is 15.2. The Labute approximate surface area is 112 Å². The van der Waals surface area contributed by atoms with Crippen molar-refractivity contribution in [1.82, 2.24) is 0 Å². The van der Waals surface area contributed by atoms with Crippen molar-refractivity contribution in [3.63, 3.8) is 0 Å². The van der Waals surface area contributed by atoms with E-state index in [0.717, 1.165) is 12.8 Å². The third-order valence-corrected chi connectivity index (χ3v) is 3.44. The van der Waals surface area contributed by atoms with Crippen LogP contribution in [0, 0.1) is 0 Å². The average Bonchev–Trinajstić information content (AvgIpc) is 2.39. The molecule has 0 aromatic heterocycles. The zero-order chi connectivity index (χ0) is 13.1. The van der Waals surface area contributed by atoms with Crippen molar-refractivity contribution in [2.75, 3.05) is 0 Å². The Bertz CT molecular complexity index is 281. The second-order valence-electron chi connectivity index (χ2n) is 5.22. The fraction of sp³-hybridized carbons (Fsp3) is 0.647. The van der Waals surface area contributed by atoms with Gasteiger partial charge in [0.2, 0.25) is 0 Å². The van der Waals surface area contributed by atoms with Gasteiger partial charge in [-0.15, -0.1) is 0 Å². The van der Waals surface area contributed by atoms with Gasteiger partial charge in [-0.25, -0.2) is 5.11 Å². The zero-order valence-corrected chi connectivity index (χ0v) is 11.7. The maximum Gasteiger partial charge on any atom is 0.0970 e. The van der Waals surface area contributed by atoms with Gasteiger partial charge in [0.1, 0.15) is 0 Å². The predicted molar refractivity (Wildman–Crippen MR) is 77.2 cm³/mol. The second-order valence-corrected chi connectivity index (χ2v) is 5.22. The van der Waals surface area contributed by atoms with E-state index < -0.39 is 6.10 Å². The number of benzene rings is 1. The third kappa shape index (κ3) is 7.50. The van der Waals surface area contributed by atoms with Gasteiger partial charge in [-0.1, -0.05) is 82.2 Å². The fourth-order valence-electron chi connectivity index (χ4n) is 2.31. The van der Waals surface area contributed by atoms with Crippen molar-refractivity contribution in [3.8, 4) is 0 Å². The molecular weight excluding hydrogens is 220 g/mol. The normalized spacial score (nSPS) is 12.6. The van der Waals surface area contributed by atoms with E-state index in [1.54, 1.807) is 0 Å². The molecule has 0 saturated heterocycles. The lowest BCUT2D eigenvalue weighted by molar-refractivity contribution is 0.0790. The van der Waals surface area contributed by atoms with Crippen molar-refractivity contribution in [2.45, 2.75) is 70.8 Å². The number of hydrogen-bond acceptors (Lipinski definition) is 0.